The summed E-state index contributed by atoms with van der Waals surface area (Å²) in [6.07, 6.45) is 2.05. The van der Waals surface area contributed by atoms with Crippen molar-refractivity contribution in [1.29, 1.82) is 5.26 Å². The first-order valence-corrected chi connectivity index (χ1v) is 6.56. The molecule has 0 spiro atoms. The molecular formula is C15H20N4. The van der Waals surface area contributed by atoms with Gasteiger partial charge in [0.1, 0.15) is 0 Å². The number of nitriles is 1. The fourth-order valence-corrected chi connectivity index (χ4v) is 2.14. The highest BCUT2D eigenvalue weighted by atomic mass is 15.1. The number of likely N-dealkylation sites (N-methyl/N-ethyl adjacent to an activating group) is 1. The van der Waals surface area contributed by atoms with Crippen molar-refractivity contribution in [3.05, 3.63) is 36.0 Å². The maximum absolute atomic E-state index is 9.07. The Bertz CT molecular complexity index is 577. The highest BCUT2D eigenvalue weighted by molar-refractivity contribution is 5.85. The van der Waals surface area contributed by atoms with E-state index in [1.807, 2.05) is 18.2 Å². The van der Waals surface area contributed by atoms with E-state index in [4.69, 9.17) is 5.26 Å². The number of nitrogens with one attached hydrogen (secondary N) is 1. The van der Waals surface area contributed by atoms with Crippen molar-refractivity contribution in [1.82, 2.24) is 14.8 Å². The molecule has 100 valence electrons. The van der Waals surface area contributed by atoms with E-state index in [1.165, 1.54) is 0 Å². The van der Waals surface area contributed by atoms with Gasteiger partial charge in [-0.05, 0) is 32.3 Å². The Kier molecular flexibility index (Phi) is 4.56. The third-order valence-corrected chi connectivity index (χ3v) is 3.20. The van der Waals surface area contributed by atoms with Crippen LogP contribution in [0.1, 0.15) is 5.56 Å². The minimum absolute atomic E-state index is 0.747. The molecule has 19 heavy (non-hydrogen) atoms. The Morgan fingerprint density at radius 2 is 2.11 bits per heavy atom. The molecule has 1 heterocycles. The number of rotatable bonds is 6. The number of benzene rings is 1. The summed E-state index contributed by atoms with van der Waals surface area (Å²) in [6.45, 7) is 3.90. The highest BCUT2D eigenvalue weighted by Gasteiger charge is 2.04. The lowest BCUT2D eigenvalue weighted by atomic mass is 10.1. The molecule has 1 N–H and O–H groups in total. The first-order valence-electron chi connectivity index (χ1n) is 6.56. The summed E-state index contributed by atoms with van der Waals surface area (Å²) in [7, 11) is 4.15. The van der Waals surface area contributed by atoms with Crippen molar-refractivity contribution in [3.63, 3.8) is 0 Å². The molecular weight excluding hydrogens is 236 g/mol. The number of hydrogen-bond acceptors (Lipinski definition) is 3. The summed E-state index contributed by atoms with van der Waals surface area (Å²) in [5, 5.41) is 13.5. The van der Waals surface area contributed by atoms with E-state index in [0.717, 1.165) is 42.6 Å². The van der Waals surface area contributed by atoms with Crippen LogP contribution in [0.3, 0.4) is 0 Å². The average molecular weight is 256 g/mol. The topological polar surface area (TPSA) is 44.0 Å². The molecule has 2 aromatic rings. The Morgan fingerprint density at radius 1 is 1.26 bits per heavy atom. The van der Waals surface area contributed by atoms with Crippen LogP contribution in [-0.2, 0) is 6.54 Å². The second-order valence-corrected chi connectivity index (χ2v) is 4.91. The van der Waals surface area contributed by atoms with Crippen LogP contribution >= 0.6 is 0 Å². The summed E-state index contributed by atoms with van der Waals surface area (Å²) in [6, 6.07) is 10.1. The number of fused-ring (bicyclic) bond motifs is 1. The summed E-state index contributed by atoms with van der Waals surface area (Å²) < 4.78 is 2.19. The van der Waals surface area contributed by atoms with Crippen molar-refractivity contribution in [3.8, 4) is 6.07 Å². The van der Waals surface area contributed by atoms with E-state index in [1.54, 1.807) is 0 Å². The number of hydrogen-bond donors (Lipinski definition) is 1. The second-order valence-electron chi connectivity index (χ2n) is 4.91. The van der Waals surface area contributed by atoms with Crippen molar-refractivity contribution in [2.45, 2.75) is 6.54 Å². The maximum Gasteiger partial charge on any atom is 0.0998 e. The molecule has 4 heteroatoms. The molecule has 1 aromatic carbocycles. The van der Waals surface area contributed by atoms with Gasteiger partial charge in [-0.15, -0.1) is 0 Å². The summed E-state index contributed by atoms with van der Waals surface area (Å²) in [4.78, 5) is 2.16. The molecule has 0 aliphatic rings. The van der Waals surface area contributed by atoms with Gasteiger partial charge in [0.15, 0.2) is 0 Å². The summed E-state index contributed by atoms with van der Waals surface area (Å²) in [5.41, 5.74) is 1.88. The van der Waals surface area contributed by atoms with Gasteiger partial charge in [-0.2, -0.15) is 5.26 Å². The van der Waals surface area contributed by atoms with Gasteiger partial charge in [0.25, 0.3) is 0 Å². The maximum atomic E-state index is 9.07. The molecule has 0 aliphatic carbocycles. The quantitative estimate of drug-likeness (QED) is 0.800. The minimum atomic E-state index is 0.747. The number of aromatic nitrogens is 1. The fourth-order valence-electron chi connectivity index (χ4n) is 2.14. The van der Waals surface area contributed by atoms with Gasteiger partial charge in [-0.25, -0.2) is 0 Å². The van der Waals surface area contributed by atoms with Gasteiger partial charge in [-0.3, -0.25) is 0 Å². The third-order valence-electron chi connectivity index (χ3n) is 3.20. The predicted molar refractivity (Wildman–Crippen MR) is 78.1 cm³/mol. The lowest BCUT2D eigenvalue weighted by molar-refractivity contribution is 0.398. The lowest BCUT2D eigenvalue weighted by Gasteiger charge is -2.11. The van der Waals surface area contributed by atoms with Crippen LogP contribution in [0.15, 0.2) is 30.5 Å². The van der Waals surface area contributed by atoms with Crippen LogP contribution in [0, 0.1) is 11.3 Å². The van der Waals surface area contributed by atoms with E-state index in [0.29, 0.717) is 0 Å². The molecule has 1 aromatic heterocycles. The normalized spacial score (nSPS) is 11.1. The summed E-state index contributed by atoms with van der Waals surface area (Å²) in [5.74, 6) is 0. The largest absolute Gasteiger partial charge is 0.346 e. The van der Waals surface area contributed by atoms with E-state index in [9.17, 15) is 0 Å². The Labute approximate surface area is 114 Å². The molecule has 0 saturated heterocycles. The van der Waals surface area contributed by atoms with Crippen LogP contribution in [0.2, 0.25) is 0 Å². The molecule has 4 nitrogen and oxygen atoms in total. The Balaban J connectivity index is 1.97. The SMILES string of the molecule is CN(C)CCNCCn1ccc2c(C#N)cccc21. The van der Waals surface area contributed by atoms with Crippen molar-refractivity contribution in [2.24, 2.45) is 0 Å². The first-order chi connectivity index (χ1) is 9.22. The molecule has 0 radical (unpaired) electrons. The molecule has 0 atom stereocenters. The molecule has 2 rings (SSSR count). The van der Waals surface area contributed by atoms with Crippen molar-refractivity contribution < 1.29 is 0 Å². The van der Waals surface area contributed by atoms with E-state index in [2.05, 4.69) is 47.2 Å². The second kappa shape index (κ2) is 6.37. The van der Waals surface area contributed by atoms with Crippen LogP contribution in [0.4, 0.5) is 0 Å². The zero-order valence-corrected chi connectivity index (χ0v) is 11.6. The van der Waals surface area contributed by atoms with E-state index in [-0.39, 0.29) is 0 Å². The van der Waals surface area contributed by atoms with Gasteiger partial charge >= 0.3 is 0 Å². The zero-order chi connectivity index (χ0) is 13.7. The van der Waals surface area contributed by atoms with Gasteiger partial charge in [0.05, 0.1) is 11.6 Å². The average Bonchev–Trinajstić information content (AvgIpc) is 2.81. The van der Waals surface area contributed by atoms with Crippen molar-refractivity contribution in [2.75, 3.05) is 33.7 Å². The van der Waals surface area contributed by atoms with E-state index < -0.39 is 0 Å². The standard InChI is InChI=1S/C15H20N4/c1-18(2)10-7-17-8-11-19-9-6-14-13(12-16)4-3-5-15(14)19/h3-6,9,17H,7-8,10-11H2,1-2H3. The van der Waals surface area contributed by atoms with Crippen LogP contribution in [0.5, 0.6) is 0 Å². The first kappa shape index (κ1) is 13.6. The number of nitrogens with zero attached hydrogens (tertiary/aromatic N) is 3. The molecule has 0 aliphatic heterocycles. The summed E-state index contributed by atoms with van der Waals surface area (Å²) >= 11 is 0. The van der Waals surface area contributed by atoms with Gasteiger partial charge in [-0.1, -0.05) is 6.07 Å². The van der Waals surface area contributed by atoms with Crippen molar-refractivity contribution >= 4 is 10.9 Å². The molecule has 0 saturated carbocycles. The zero-order valence-electron chi connectivity index (χ0n) is 11.6. The molecule has 0 unspecified atom stereocenters. The molecule has 0 bridgehead atoms. The van der Waals surface area contributed by atoms with Gasteiger partial charge < -0.3 is 14.8 Å². The van der Waals surface area contributed by atoms with E-state index >= 15 is 0 Å². The van der Waals surface area contributed by atoms with Crippen LogP contribution in [-0.4, -0.2) is 43.2 Å². The monoisotopic (exact) mass is 256 g/mol. The van der Waals surface area contributed by atoms with Crippen LogP contribution in [0.25, 0.3) is 10.9 Å². The van der Waals surface area contributed by atoms with Gasteiger partial charge in [0.2, 0.25) is 0 Å². The fraction of sp³-hybridized carbons (Fsp3) is 0.400. The Morgan fingerprint density at radius 3 is 2.84 bits per heavy atom. The third kappa shape index (κ3) is 3.34. The Hall–Kier alpha value is -1.83. The molecule has 0 amide bonds. The minimum Gasteiger partial charge on any atom is -0.346 e. The molecule has 0 fully saturated rings. The van der Waals surface area contributed by atoms with Gasteiger partial charge in [0, 0.05) is 43.3 Å². The smallest absolute Gasteiger partial charge is 0.0998 e. The van der Waals surface area contributed by atoms with Crippen LogP contribution < -0.4 is 5.32 Å². The lowest BCUT2D eigenvalue weighted by Crippen LogP contribution is -2.28. The highest BCUT2D eigenvalue weighted by Crippen LogP contribution is 2.19. The predicted octanol–water partition coefficient (Wildman–Crippen LogP) is 1.66.